The van der Waals surface area contributed by atoms with Gasteiger partial charge in [0.25, 0.3) is 5.91 Å². The Morgan fingerprint density at radius 3 is 2.47 bits per heavy atom. The van der Waals surface area contributed by atoms with Gasteiger partial charge in [-0.1, -0.05) is 0 Å². The zero-order chi connectivity index (χ0) is 23.6. The molecule has 0 aromatic heterocycles. The standard InChI is InChI=1S/C20H19F3IN5O3/c1-10(30)32-20(7-27-19(25)26)8-29(9-20)18(31)12-3-4-13(21)16(23)17(12)28-15-5-2-11(24)6-14(15)22/h2-6,28H,7-9H2,1H3,(H4,25,26,27). The van der Waals surface area contributed by atoms with Crippen LogP contribution in [0.25, 0.3) is 0 Å². The summed E-state index contributed by atoms with van der Waals surface area (Å²) in [5.41, 5.74) is 8.66. The van der Waals surface area contributed by atoms with Gasteiger partial charge in [-0.05, 0) is 52.9 Å². The summed E-state index contributed by atoms with van der Waals surface area (Å²) < 4.78 is 48.6. The first-order chi connectivity index (χ1) is 15.0. The minimum Gasteiger partial charge on any atom is -0.453 e. The van der Waals surface area contributed by atoms with Crippen LogP contribution in [-0.2, 0) is 9.53 Å². The van der Waals surface area contributed by atoms with Crippen LogP contribution in [0, 0.1) is 21.0 Å². The number of benzene rings is 2. The lowest BCUT2D eigenvalue weighted by atomic mass is 9.92. The van der Waals surface area contributed by atoms with E-state index in [1.165, 1.54) is 24.0 Å². The molecule has 0 saturated carbocycles. The van der Waals surface area contributed by atoms with Crippen molar-refractivity contribution in [1.82, 2.24) is 4.90 Å². The van der Waals surface area contributed by atoms with Crippen molar-refractivity contribution in [2.75, 3.05) is 25.0 Å². The van der Waals surface area contributed by atoms with Crippen molar-refractivity contribution in [3.05, 3.63) is 56.9 Å². The Morgan fingerprint density at radius 1 is 1.19 bits per heavy atom. The fourth-order valence-electron chi connectivity index (χ4n) is 3.28. The van der Waals surface area contributed by atoms with Crippen LogP contribution in [0.3, 0.4) is 0 Å². The zero-order valence-electron chi connectivity index (χ0n) is 16.8. The number of esters is 1. The van der Waals surface area contributed by atoms with Crippen molar-refractivity contribution in [3.63, 3.8) is 0 Å². The number of carbonyl (C=O) groups is 2. The van der Waals surface area contributed by atoms with Crippen LogP contribution in [0.4, 0.5) is 24.5 Å². The van der Waals surface area contributed by atoms with Crippen LogP contribution < -0.4 is 16.8 Å². The van der Waals surface area contributed by atoms with Gasteiger partial charge in [0.1, 0.15) is 5.82 Å². The van der Waals surface area contributed by atoms with Gasteiger partial charge < -0.3 is 26.4 Å². The molecule has 12 heteroatoms. The number of aliphatic imine (C=N–C) groups is 1. The van der Waals surface area contributed by atoms with E-state index in [-0.39, 0.29) is 36.8 Å². The second kappa shape index (κ2) is 9.22. The molecular formula is C20H19F3IN5O3. The number of anilines is 2. The molecule has 5 N–H and O–H groups in total. The van der Waals surface area contributed by atoms with Crippen LogP contribution >= 0.6 is 22.6 Å². The molecule has 8 nitrogen and oxygen atoms in total. The Labute approximate surface area is 194 Å². The lowest BCUT2D eigenvalue weighted by molar-refractivity contribution is -0.171. The van der Waals surface area contributed by atoms with E-state index in [4.69, 9.17) is 16.2 Å². The lowest BCUT2D eigenvalue weighted by Gasteiger charge is -2.48. The number of amides is 1. The van der Waals surface area contributed by atoms with Crippen LogP contribution in [0.15, 0.2) is 35.3 Å². The summed E-state index contributed by atoms with van der Waals surface area (Å²) in [5.74, 6) is -4.72. The molecule has 3 rings (SSSR count). The minimum atomic E-state index is -1.33. The molecule has 1 heterocycles. The Balaban J connectivity index is 1.88. The smallest absolute Gasteiger partial charge is 0.303 e. The van der Waals surface area contributed by atoms with Crippen molar-refractivity contribution < 1.29 is 27.5 Å². The van der Waals surface area contributed by atoms with Crippen LogP contribution in [0.2, 0.25) is 0 Å². The van der Waals surface area contributed by atoms with Crippen molar-refractivity contribution in [3.8, 4) is 0 Å². The number of rotatable bonds is 6. The third-order valence-electron chi connectivity index (χ3n) is 4.67. The number of nitrogens with one attached hydrogen (secondary N) is 1. The van der Waals surface area contributed by atoms with Crippen molar-refractivity contribution in [1.29, 1.82) is 0 Å². The number of likely N-dealkylation sites (tertiary alicyclic amines) is 1. The summed E-state index contributed by atoms with van der Waals surface area (Å²) in [6, 6.07) is 6.01. The first-order valence-electron chi connectivity index (χ1n) is 9.26. The van der Waals surface area contributed by atoms with E-state index in [2.05, 4.69) is 10.3 Å². The molecule has 2 aromatic carbocycles. The monoisotopic (exact) mass is 561 g/mol. The van der Waals surface area contributed by atoms with Gasteiger partial charge in [0, 0.05) is 10.5 Å². The molecule has 1 aliphatic rings. The molecule has 1 saturated heterocycles. The predicted molar refractivity (Wildman–Crippen MR) is 120 cm³/mol. The van der Waals surface area contributed by atoms with Gasteiger partial charge in [0.2, 0.25) is 0 Å². The molecule has 0 bridgehead atoms. The molecule has 0 unspecified atom stereocenters. The highest BCUT2D eigenvalue weighted by Gasteiger charge is 2.49. The Kier molecular flexibility index (Phi) is 6.81. The molecule has 0 atom stereocenters. The summed E-state index contributed by atoms with van der Waals surface area (Å²) in [6.45, 7) is 0.987. The molecule has 32 heavy (non-hydrogen) atoms. The van der Waals surface area contributed by atoms with Crippen molar-refractivity contribution in [2.24, 2.45) is 16.5 Å². The number of guanidine groups is 1. The maximum Gasteiger partial charge on any atom is 0.303 e. The van der Waals surface area contributed by atoms with Crippen LogP contribution in [-0.4, -0.2) is 48.0 Å². The Hall–Kier alpha value is -3.03. The lowest BCUT2D eigenvalue weighted by Crippen LogP contribution is -2.67. The number of hydrogen-bond donors (Lipinski definition) is 3. The highest BCUT2D eigenvalue weighted by Crippen LogP contribution is 2.33. The van der Waals surface area contributed by atoms with Crippen molar-refractivity contribution >= 4 is 51.8 Å². The molecule has 1 fully saturated rings. The van der Waals surface area contributed by atoms with E-state index in [0.29, 0.717) is 3.57 Å². The number of nitrogens with zero attached hydrogens (tertiary/aromatic N) is 2. The van der Waals surface area contributed by atoms with Gasteiger partial charge in [-0.15, -0.1) is 0 Å². The second-order valence-electron chi connectivity index (χ2n) is 7.21. The third kappa shape index (κ3) is 5.06. The van der Waals surface area contributed by atoms with Crippen LogP contribution in [0.5, 0.6) is 0 Å². The van der Waals surface area contributed by atoms with E-state index in [0.717, 1.165) is 12.1 Å². The normalized spacial score (nSPS) is 14.3. The zero-order valence-corrected chi connectivity index (χ0v) is 19.0. The molecular weight excluding hydrogens is 542 g/mol. The average Bonchev–Trinajstić information content (AvgIpc) is 2.68. The van der Waals surface area contributed by atoms with E-state index in [1.54, 1.807) is 6.07 Å². The van der Waals surface area contributed by atoms with Gasteiger partial charge in [-0.3, -0.25) is 9.59 Å². The van der Waals surface area contributed by atoms with E-state index >= 15 is 0 Å². The fourth-order valence-corrected chi connectivity index (χ4v) is 3.73. The number of halogens is 4. The van der Waals surface area contributed by atoms with E-state index < -0.39 is 40.6 Å². The first kappa shape index (κ1) is 23.6. The van der Waals surface area contributed by atoms with Gasteiger partial charge in [-0.2, -0.15) is 0 Å². The molecule has 0 aliphatic carbocycles. The fraction of sp³-hybridized carbons (Fsp3) is 0.250. The first-order valence-corrected chi connectivity index (χ1v) is 10.3. The minimum absolute atomic E-state index is 0.0709. The van der Waals surface area contributed by atoms with Gasteiger partial charge >= 0.3 is 5.97 Å². The van der Waals surface area contributed by atoms with Crippen molar-refractivity contribution in [2.45, 2.75) is 12.5 Å². The molecule has 1 aliphatic heterocycles. The predicted octanol–water partition coefficient (Wildman–Crippen LogP) is 2.48. The average molecular weight is 561 g/mol. The van der Waals surface area contributed by atoms with Gasteiger partial charge in [-0.25, -0.2) is 18.2 Å². The maximum atomic E-state index is 14.6. The summed E-state index contributed by atoms with van der Waals surface area (Å²) in [4.78, 5) is 29.6. The summed E-state index contributed by atoms with van der Waals surface area (Å²) >= 11 is 1.90. The Morgan fingerprint density at radius 2 is 1.88 bits per heavy atom. The van der Waals surface area contributed by atoms with E-state index in [9.17, 15) is 22.8 Å². The maximum absolute atomic E-state index is 14.6. The van der Waals surface area contributed by atoms with Crippen LogP contribution in [0.1, 0.15) is 17.3 Å². The highest BCUT2D eigenvalue weighted by atomic mass is 127. The highest BCUT2D eigenvalue weighted by molar-refractivity contribution is 14.1. The second-order valence-corrected chi connectivity index (χ2v) is 8.46. The molecule has 170 valence electrons. The number of hydrogen-bond acceptors (Lipinski definition) is 5. The largest absolute Gasteiger partial charge is 0.453 e. The quantitative estimate of drug-likeness (QED) is 0.216. The number of ether oxygens (including phenoxy) is 1. The molecule has 1 amide bonds. The van der Waals surface area contributed by atoms with Gasteiger partial charge in [0.15, 0.2) is 23.2 Å². The van der Waals surface area contributed by atoms with E-state index in [1.807, 2.05) is 22.6 Å². The topological polar surface area (TPSA) is 123 Å². The SMILES string of the molecule is CC(=O)OC1(CN=C(N)N)CN(C(=O)c2ccc(F)c(F)c2Nc2ccc(I)cc2F)C1. The number of carbonyl (C=O) groups excluding carboxylic acids is 2. The molecule has 0 radical (unpaired) electrons. The van der Waals surface area contributed by atoms with Gasteiger partial charge in [0.05, 0.1) is 36.6 Å². The number of nitrogens with two attached hydrogens (primary N) is 2. The summed E-state index contributed by atoms with van der Waals surface area (Å²) in [7, 11) is 0. The molecule has 0 spiro atoms. The third-order valence-corrected chi connectivity index (χ3v) is 5.34. The molecule has 2 aromatic rings. The summed E-state index contributed by atoms with van der Waals surface area (Å²) in [6.07, 6.45) is 0. The summed E-state index contributed by atoms with van der Waals surface area (Å²) in [5, 5.41) is 2.47. The Bertz CT molecular complexity index is 1100.